The topological polar surface area (TPSA) is 74.6 Å². The van der Waals surface area contributed by atoms with Crippen molar-refractivity contribution in [2.45, 2.75) is 25.7 Å². The molecule has 2 N–H and O–H groups in total. The molecule has 0 unspecified atom stereocenters. The molecule has 0 radical (unpaired) electrons. The van der Waals surface area contributed by atoms with Crippen LogP contribution in [0.1, 0.15) is 25.7 Å². The van der Waals surface area contributed by atoms with Gasteiger partial charge in [-0.25, -0.2) is 9.59 Å². The second-order valence-electron chi connectivity index (χ2n) is 2.77. The number of rotatable bonds is 2. The molecule has 1 rings (SSSR count). The SMILES string of the molecule is C1=CCCCC1.O=C(O)/C=C\C(=O)O. The molecule has 0 amide bonds. The summed E-state index contributed by atoms with van der Waals surface area (Å²) in [6.07, 6.45) is 11.1. The fraction of sp³-hybridized carbons (Fsp3) is 0.400. The smallest absolute Gasteiger partial charge is 0.328 e. The molecule has 78 valence electrons. The van der Waals surface area contributed by atoms with Crippen molar-refractivity contribution in [3.63, 3.8) is 0 Å². The van der Waals surface area contributed by atoms with Gasteiger partial charge in [-0.05, 0) is 25.7 Å². The second kappa shape index (κ2) is 8.04. The third kappa shape index (κ3) is 10.4. The number of carboxylic acids is 2. The lowest BCUT2D eigenvalue weighted by Crippen LogP contribution is -1.91. The zero-order chi connectivity index (χ0) is 10.8. The van der Waals surface area contributed by atoms with Gasteiger partial charge in [0.2, 0.25) is 0 Å². The lowest BCUT2D eigenvalue weighted by atomic mass is 10.1. The zero-order valence-corrected chi connectivity index (χ0v) is 7.85. The van der Waals surface area contributed by atoms with Crippen molar-refractivity contribution in [1.29, 1.82) is 0 Å². The predicted octanol–water partition coefficient (Wildman–Crippen LogP) is 1.83. The van der Waals surface area contributed by atoms with Crippen LogP contribution in [0, 0.1) is 0 Å². The number of hydrogen-bond donors (Lipinski definition) is 2. The Morgan fingerprint density at radius 3 is 1.43 bits per heavy atom. The second-order valence-corrected chi connectivity index (χ2v) is 2.77. The molecule has 4 nitrogen and oxygen atoms in total. The van der Waals surface area contributed by atoms with E-state index in [-0.39, 0.29) is 0 Å². The highest BCUT2D eigenvalue weighted by Crippen LogP contribution is 2.07. The van der Waals surface area contributed by atoms with Gasteiger partial charge in [-0.3, -0.25) is 0 Å². The minimum absolute atomic E-state index is 0.558. The van der Waals surface area contributed by atoms with Crippen LogP contribution in [0.25, 0.3) is 0 Å². The monoisotopic (exact) mass is 198 g/mol. The van der Waals surface area contributed by atoms with Crippen LogP contribution >= 0.6 is 0 Å². The standard InChI is InChI=1S/C6H10.C4H4O4/c1-2-4-6-5-3-1;5-3(6)1-2-4(7)8/h1-2H,3-6H2;1-2H,(H,5,6)(H,7,8)/b;2-1-. The van der Waals surface area contributed by atoms with E-state index in [1.54, 1.807) is 0 Å². The van der Waals surface area contributed by atoms with E-state index in [0.29, 0.717) is 12.2 Å². The van der Waals surface area contributed by atoms with E-state index >= 15 is 0 Å². The van der Waals surface area contributed by atoms with Gasteiger partial charge in [-0.15, -0.1) is 0 Å². The molecule has 0 heterocycles. The van der Waals surface area contributed by atoms with Crippen molar-refractivity contribution < 1.29 is 19.8 Å². The Hall–Kier alpha value is -1.58. The molecule has 0 saturated carbocycles. The molecule has 1 aliphatic rings. The molecule has 1 aliphatic carbocycles. The largest absolute Gasteiger partial charge is 0.478 e. The Bertz CT molecular complexity index is 217. The molecule has 14 heavy (non-hydrogen) atoms. The average Bonchev–Trinajstić information content (AvgIpc) is 2.18. The van der Waals surface area contributed by atoms with Gasteiger partial charge >= 0.3 is 11.9 Å². The Morgan fingerprint density at radius 1 is 0.929 bits per heavy atom. The van der Waals surface area contributed by atoms with Crippen LogP contribution in [0.5, 0.6) is 0 Å². The maximum atomic E-state index is 9.55. The van der Waals surface area contributed by atoms with Gasteiger partial charge in [0.05, 0.1) is 0 Å². The van der Waals surface area contributed by atoms with Crippen molar-refractivity contribution >= 4 is 11.9 Å². The molecular formula is C10H14O4. The number of aliphatic carboxylic acids is 2. The van der Waals surface area contributed by atoms with Crippen molar-refractivity contribution in [2.24, 2.45) is 0 Å². The molecule has 0 bridgehead atoms. The molecule has 0 aromatic rings. The Kier molecular flexibility index (Phi) is 7.13. The minimum Gasteiger partial charge on any atom is -0.478 e. The highest BCUT2D eigenvalue weighted by molar-refractivity contribution is 5.89. The van der Waals surface area contributed by atoms with Crippen molar-refractivity contribution in [2.75, 3.05) is 0 Å². The highest BCUT2D eigenvalue weighted by atomic mass is 16.4. The molecule has 4 heteroatoms. The fourth-order valence-corrected chi connectivity index (χ4v) is 0.903. The van der Waals surface area contributed by atoms with Crippen LogP contribution in [-0.4, -0.2) is 22.2 Å². The summed E-state index contributed by atoms with van der Waals surface area (Å²) in [5.74, 6) is -2.51. The van der Waals surface area contributed by atoms with E-state index in [1.807, 2.05) is 0 Å². The Morgan fingerprint density at radius 2 is 1.29 bits per heavy atom. The number of allylic oxidation sites excluding steroid dienone is 2. The number of carbonyl (C=O) groups is 2. The molecule has 0 fully saturated rings. The van der Waals surface area contributed by atoms with Crippen LogP contribution in [0.4, 0.5) is 0 Å². The summed E-state index contributed by atoms with van der Waals surface area (Å²) in [5.41, 5.74) is 0. The minimum atomic E-state index is -1.26. The summed E-state index contributed by atoms with van der Waals surface area (Å²) in [4.78, 5) is 19.1. The zero-order valence-electron chi connectivity index (χ0n) is 7.85. The van der Waals surface area contributed by atoms with Gasteiger partial charge in [-0.2, -0.15) is 0 Å². The summed E-state index contributed by atoms with van der Waals surface area (Å²) in [6, 6.07) is 0. The predicted molar refractivity (Wildman–Crippen MR) is 52.0 cm³/mol. The van der Waals surface area contributed by atoms with E-state index < -0.39 is 11.9 Å². The Balaban J connectivity index is 0.000000249. The van der Waals surface area contributed by atoms with Crippen LogP contribution in [-0.2, 0) is 9.59 Å². The van der Waals surface area contributed by atoms with Gasteiger partial charge in [-0.1, -0.05) is 12.2 Å². The normalized spacial score (nSPS) is 14.6. The summed E-state index contributed by atoms with van der Waals surface area (Å²) >= 11 is 0. The first-order valence-electron chi connectivity index (χ1n) is 4.42. The van der Waals surface area contributed by atoms with Crippen LogP contribution < -0.4 is 0 Å². The molecule has 0 aliphatic heterocycles. The fourth-order valence-electron chi connectivity index (χ4n) is 0.903. The Labute approximate surface area is 82.6 Å². The molecule has 0 spiro atoms. The van der Waals surface area contributed by atoms with Crippen molar-refractivity contribution in [1.82, 2.24) is 0 Å². The molecular weight excluding hydrogens is 184 g/mol. The first-order chi connectivity index (χ1) is 6.63. The van der Waals surface area contributed by atoms with Crippen molar-refractivity contribution in [3.05, 3.63) is 24.3 Å². The van der Waals surface area contributed by atoms with Crippen molar-refractivity contribution in [3.8, 4) is 0 Å². The quantitative estimate of drug-likeness (QED) is 0.524. The third-order valence-corrected chi connectivity index (χ3v) is 1.53. The summed E-state index contributed by atoms with van der Waals surface area (Å²) in [5, 5.41) is 15.6. The van der Waals surface area contributed by atoms with Crippen LogP contribution in [0.15, 0.2) is 24.3 Å². The number of hydrogen-bond acceptors (Lipinski definition) is 2. The van der Waals surface area contributed by atoms with E-state index in [2.05, 4.69) is 12.2 Å². The van der Waals surface area contributed by atoms with Crippen LogP contribution in [0.2, 0.25) is 0 Å². The molecule has 0 atom stereocenters. The average molecular weight is 198 g/mol. The van der Waals surface area contributed by atoms with Gasteiger partial charge < -0.3 is 10.2 Å². The summed E-state index contributed by atoms with van der Waals surface area (Å²) in [6.45, 7) is 0. The van der Waals surface area contributed by atoms with E-state index in [0.717, 1.165) is 0 Å². The van der Waals surface area contributed by atoms with E-state index in [1.165, 1.54) is 25.7 Å². The first-order valence-corrected chi connectivity index (χ1v) is 4.42. The van der Waals surface area contributed by atoms with Gasteiger partial charge in [0.1, 0.15) is 0 Å². The van der Waals surface area contributed by atoms with E-state index in [9.17, 15) is 9.59 Å². The maximum absolute atomic E-state index is 9.55. The van der Waals surface area contributed by atoms with Gasteiger partial charge in [0.15, 0.2) is 0 Å². The summed E-state index contributed by atoms with van der Waals surface area (Å²) in [7, 11) is 0. The highest BCUT2D eigenvalue weighted by Gasteiger charge is 1.88. The molecule has 0 aromatic carbocycles. The lowest BCUT2D eigenvalue weighted by molar-refractivity contribution is -0.134. The maximum Gasteiger partial charge on any atom is 0.328 e. The number of carboxylic acid groups (broad SMARTS) is 2. The lowest BCUT2D eigenvalue weighted by Gasteiger charge is -1.97. The summed E-state index contributed by atoms with van der Waals surface area (Å²) < 4.78 is 0. The van der Waals surface area contributed by atoms with E-state index in [4.69, 9.17) is 10.2 Å². The third-order valence-electron chi connectivity index (χ3n) is 1.53. The molecule has 0 saturated heterocycles. The van der Waals surface area contributed by atoms with Crippen LogP contribution in [0.3, 0.4) is 0 Å². The molecule has 0 aromatic heterocycles. The van der Waals surface area contributed by atoms with Gasteiger partial charge in [0, 0.05) is 12.2 Å². The first kappa shape index (κ1) is 12.4. The van der Waals surface area contributed by atoms with Gasteiger partial charge in [0.25, 0.3) is 0 Å².